The molecule has 0 spiro atoms. The van der Waals surface area contributed by atoms with Crippen LogP contribution in [0, 0.1) is 0 Å². The van der Waals surface area contributed by atoms with Crippen molar-refractivity contribution in [2.24, 2.45) is 0 Å². The third-order valence-electron chi connectivity index (χ3n) is 9.67. The second-order valence-corrected chi connectivity index (χ2v) is 15.9. The molecule has 0 fully saturated rings. The standard InChI is InChI=1S/C48H83NO7/c1-6-8-10-12-14-16-17-18-19-20-21-22-23-24-25-26-27-28-29-31-32-34-36-38-46(50)55-43-44(42-54-41-40-45(48(52)53)49(3,4)5)56-47(51)39-37-35-33-30-15-13-11-9-7-2/h9,11,15,21-22,24-25,30,35,37,44-45H,6-8,10,12-14,16-20,23,26-29,31-34,36,38-43H2,1-5H3/b11-9+,22-21+,25-24+,30-15+,37-35+. The Morgan fingerprint density at radius 3 is 1.57 bits per heavy atom. The zero-order valence-corrected chi connectivity index (χ0v) is 36.5. The van der Waals surface area contributed by atoms with E-state index < -0.39 is 24.1 Å². The van der Waals surface area contributed by atoms with E-state index in [0.717, 1.165) is 51.4 Å². The molecule has 0 bridgehead atoms. The van der Waals surface area contributed by atoms with Crippen molar-refractivity contribution in [2.45, 2.75) is 187 Å². The van der Waals surface area contributed by atoms with E-state index >= 15 is 0 Å². The number of carboxylic acids is 1. The molecule has 0 aromatic heterocycles. The maximum atomic E-state index is 12.6. The van der Waals surface area contributed by atoms with Gasteiger partial charge in [-0.1, -0.05) is 158 Å². The molecular weight excluding hydrogens is 703 g/mol. The summed E-state index contributed by atoms with van der Waals surface area (Å²) in [5.41, 5.74) is 0. The lowest BCUT2D eigenvalue weighted by Gasteiger charge is -2.34. The molecule has 8 heteroatoms. The van der Waals surface area contributed by atoms with E-state index in [-0.39, 0.29) is 43.1 Å². The molecule has 0 amide bonds. The molecule has 2 atom stereocenters. The largest absolute Gasteiger partial charge is 0.544 e. The minimum absolute atomic E-state index is 0.0000597. The molecule has 0 aromatic carbocycles. The van der Waals surface area contributed by atoms with Crippen molar-refractivity contribution in [1.29, 1.82) is 0 Å². The Bertz CT molecular complexity index is 1100. The SMILES string of the molecule is CC/C=C/C/C=C/C/C=C/CC(=O)OC(COCCC(C(=O)[O-])[N+](C)(C)C)COC(=O)CCCCCCCCC/C=C/C/C=C/CCCCCCCCCCC. The van der Waals surface area contributed by atoms with Crippen LogP contribution in [-0.4, -0.2) is 75.5 Å². The Morgan fingerprint density at radius 2 is 1.05 bits per heavy atom. The first-order valence-corrected chi connectivity index (χ1v) is 22.3. The first kappa shape index (κ1) is 53.0. The van der Waals surface area contributed by atoms with E-state index in [1.165, 1.54) is 89.9 Å². The van der Waals surface area contributed by atoms with Crippen molar-refractivity contribution in [3.05, 3.63) is 60.8 Å². The fourth-order valence-corrected chi connectivity index (χ4v) is 6.22. The van der Waals surface area contributed by atoms with E-state index in [1.807, 2.05) is 12.2 Å². The average Bonchev–Trinajstić information content (AvgIpc) is 3.15. The molecule has 0 radical (unpaired) electrons. The molecule has 0 aliphatic carbocycles. The first-order valence-electron chi connectivity index (χ1n) is 22.3. The number of rotatable bonds is 39. The molecule has 56 heavy (non-hydrogen) atoms. The quantitative estimate of drug-likeness (QED) is 0.0265. The van der Waals surface area contributed by atoms with Gasteiger partial charge < -0.3 is 28.6 Å². The van der Waals surface area contributed by atoms with Crippen LogP contribution in [0.4, 0.5) is 0 Å². The number of likely N-dealkylation sites (N-methyl/N-ethyl adjacent to an activating group) is 1. The number of hydrogen-bond donors (Lipinski definition) is 0. The van der Waals surface area contributed by atoms with Crippen LogP contribution in [0.5, 0.6) is 0 Å². The maximum absolute atomic E-state index is 12.6. The summed E-state index contributed by atoms with van der Waals surface area (Å²) in [5.74, 6) is -1.90. The summed E-state index contributed by atoms with van der Waals surface area (Å²) in [7, 11) is 5.36. The van der Waals surface area contributed by atoms with Gasteiger partial charge >= 0.3 is 11.9 Å². The van der Waals surface area contributed by atoms with Gasteiger partial charge in [0.2, 0.25) is 0 Å². The Morgan fingerprint density at radius 1 is 0.571 bits per heavy atom. The summed E-state index contributed by atoms with van der Waals surface area (Å²) >= 11 is 0. The van der Waals surface area contributed by atoms with Gasteiger partial charge in [0, 0.05) is 12.8 Å². The second-order valence-electron chi connectivity index (χ2n) is 15.9. The summed E-state index contributed by atoms with van der Waals surface area (Å²) < 4.78 is 17.0. The molecule has 0 heterocycles. The number of quaternary nitrogens is 1. The fourth-order valence-electron chi connectivity index (χ4n) is 6.22. The Labute approximate surface area is 343 Å². The van der Waals surface area contributed by atoms with Crippen LogP contribution in [-0.2, 0) is 28.6 Å². The number of aliphatic carboxylic acids is 1. The van der Waals surface area contributed by atoms with Gasteiger partial charge in [0.25, 0.3) is 0 Å². The van der Waals surface area contributed by atoms with Gasteiger partial charge in [-0.05, 0) is 57.8 Å². The highest BCUT2D eigenvalue weighted by Gasteiger charge is 2.25. The summed E-state index contributed by atoms with van der Waals surface area (Å²) in [6.45, 7) is 4.41. The molecule has 322 valence electrons. The lowest BCUT2D eigenvalue weighted by molar-refractivity contribution is -0.889. The highest BCUT2D eigenvalue weighted by atomic mass is 16.6. The average molecular weight is 786 g/mol. The smallest absolute Gasteiger partial charge is 0.310 e. The van der Waals surface area contributed by atoms with E-state index in [9.17, 15) is 19.5 Å². The number of hydrogen-bond acceptors (Lipinski definition) is 7. The summed E-state index contributed by atoms with van der Waals surface area (Å²) in [6.07, 6.45) is 47.3. The lowest BCUT2D eigenvalue weighted by atomic mass is 10.1. The molecule has 0 aliphatic rings. The zero-order chi connectivity index (χ0) is 41.4. The molecule has 0 saturated heterocycles. The molecular formula is C48H83NO7. The van der Waals surface area contributed by atoms with Crippen LogP contribution >= 0.6 is 0 Å². The van der Waals surface area contributed by atoms with Gasteiger partial charge in [0.15, 0.2) is 6.10 Å². The van der Waals surface area contributed by atoms with E-state index in [4.69, 9.17) is 14.2 Å². The van der Waals surface area contributed by atoms with Crippen LogP contribution < -0.4 is 5.11 Å². The molecule has 0 N–H and O–H groups in total. The fraction of sp³-hybridized carbons (Fsp3) is 0.729. The van der Waals surface area contributed by atoms with Gasteiger partial charge in [-0.3, -0.25) is 9.59 Å². The lowest BCUT2D eigenvalue weighted by Crippen LogP contribution is -2.55. The van der Waals surface area contributed by atoms with Gasteiger partial charge in [0.1, 0.15) is 12.6 Å². The van der Waals surface area contributed by atoms with Crippen molar-refractivity contribution >= 4 is 17.9 Å². The molecule has 0 aromatic rings. The van der Waals surface area contributed by atoms with Crippen LogP contribution in [0.25, 0.3) is 0 Å². The molecule has 0 saturated carbocycles. The van der Waals surface area contributed by atoms with Crippen molar-refractivity contribution in [3.63, 3.8) is 0 Å². The highest BCUT2D eigenvalue weighted by molar-refractivity contribution is 5.71. The van der Waals surface area contributed by atoms with Gasteiger partial charge in [-0.25, -0.2) is 0 Å². The van der Waals surface area contributed by atoms with Crippen molar-refractivity contribution < 1.29 is 38.2 Å². The van der Waals surface area contributed by atoms with Crippen LogP contribution in [0.2, 0.25) is 0 Å². The third-order valence-corrected chi connectivity index (χ3v) is 9.67. The highest BCUT2D eigenvalue weighted by Crippen LogP contribution is 2.13. The number of unbranched alkanes of at least 4 members (excludes halogenated alkanes) is 16. The molecule has 8 nitrogen and oxygen atoms in total. The molecule has 2 unspecified atom stereocenters. The topological polar surface area (TPSA) is 102 Å². The van der Waals surface area contributed by atoms with Crippen molar-refractivity contribution in [3.8, 4) is 0 Å². The van der Waals surface area contributed by atoms with E-state index in [1.54, 1.807) is 27.2 Å². The zero-order valence-electron chi connectivity index (χ0n) is 36.5. The van der Waals surface area contributed by atoms with E-state index in [2.05, 4.69) is 56.4 Å². The summed E-state index contributed by atoms with van der Waals surface area (Å²) in [5, 5.41) is 11.6. The van der Waals surface area contributed by atoms with Crippen LogP contribution in [0.3, 0.4) is 0 Å². The summed E-state index contributed by atoms with van der Waals surface area (Å²) in [6, 6.07) is -0.741. The number of carbonyl (C=O) groups excluding carboxylic acids is 3. The Balaban J connectivity index is 4.24. The normalized spacial score (nSPS) is 13.5. The minimum atomic E-state index is -1.14. The van der Waals surface area contributed by atoms with Crippen LogP contribution in [0.1, 0.15) is 174 Å². The van der Waals surface area contributed by atoms with E-state index in [0.29, 0.717) is 6.42 Å². The van der Waals surface area contributed by atoms with Gasteiger partial charge in [0.05, 0.1) is 46.7 Å². The Hall–Kier alpha value is -2.97. The number of carboxylic acid groups (broad SMARTS) is 1. The number of nitrogens with zero attached hydrogens (tertiary/aromatic N) is 1. The minimum Gasteiger partial charge on any atom is -0.544 e. The Kier molecular flexibility index (Phi) is 36.8. The molecule has 0 rings (SSSR count). The van der Waals surface area contributed by atoms with Crippen molar-refractivity contribution in [1.82, 2.24) is 0 Å². The predicted octanol–water partition coefficient (Wildman–Crippen LogP) is 10.9. The number of ether oxygens (including phenoxy) is 3. The van der Waals surface area contributed by atoms with Crippen molar-refractivity contribution in [2.75, 3.05) is 41.0 Å². The third kappa shape index (κ3) is 36.7. The number of carbonyl (C=O) groups is 3. The maximum Gasteiger partial charge on any atom is 0.310 e. The number of allylic oxidation sites excluding steroid dienone is 9. The van der Waals surface area contributed by atoms with Gasteiger partial charge in [-0.2, -0.15) is 0 Å². The monoisotopic (exact) mass is 786 g/mol. The first-order chi connectivity index (χ1) is 27.1. The predicted molar refractivity (Wildman–Crippen MR) is 231 cm³/mol. The second kappa shape index (κ2) is 38.9. The molecule has 0 aliphatic heterocycles. The van der Waals surface area contributed by atoms with Crippen LogP contribution in [0.15, 0.2) is 60.8 Å². The van der Waals surface area contributed by atoms with Gasteiger partial charge in [-0.15, -0.1) is 0 Å². The summed E-state index contributed by atoms with van der Waals surface area (Å²) in [4.78, 5) is 36.6. The number of esters is 2.